The first kappa shape index (κ1) is 14.8. The Morgan fingerprint density at radius 3 is 2.52 bits per heavy atom. The molecule has 3 aromatic rings. The van der Waals surface area contributed by atoms with Crippen molar-refractivity contribution in [2.45, 2.75) is 13.0 Å². The van der Waals surface area contributed by atoms with Crippen molar-refractivity contribution in [1.82, 2.24) is 9.55 Å². The third-order valence-electron chi connectivity index (χ3n) is 3.73. The Kier molecular flexibility index (Phi) is 4.05. The average Bonchev–Trinajstić information content (AvgIpc) is 2.97. The first-order valence-corrected chi connectivity index (χ1v) is 7.21. The van der Waals surface area contributed by atoms with Gasteiger partial charge in [-0.2, -0.15) is 0 Å². The van der Waals surface area contributed by atoms with Gasteiger partial charge in [-0.15, -0.1) is 0 Å². The quantitative estimate of drug-likeness (QED) is 0.446. The number of aromatic nitrogens is 2. The van der Waals surface area contributed by atoms with Crippen molar-refractivity contribution in [3.8, 4) is 0 Å². The summed E-state index contributed by atoms with van der Waals surface area (Å²) in [4.78, 5) is 15.1. The fourth-order valence-corrected chi connectivity index (χ4v) is 2.52. The van der Waals surface area contributed by atoms with Crippen LogP contribution in [0.5, 0.6) is 0 Å². The summed E-state index contributed by atoms with van der Waals surface area (Å²) in [6.45, 7) is 0.586. The Bertz CT molecular complexity index is 842. The molecule has 116 valence electrons. The molecule has 6 heteroatoms. The predicted molar refractivity (Wildman–Crippen MR) is 88.1 cm³/mol. The summed E-state index contributed by atoms with van der Waals surface area (Å²) in [7, 11) is 0. The van der Waals surface area contributed by atoms with Gasteiger partial charge in [0.1, 0.15) is 5.82 Å². The van der Waals surface area contributed by atoms with E-state index in [9.17, 15) is 10.1 Å². The van der Waals surface area contributed by atoms with Gasteiger partial charge in [0.05, 0.1) is 11.5 Å². The van der Waals surface area contributed by atoms with Crippen LogP contribution in [-0.2, 0) is 13.0 Å². The van der Waals surface area contributed by atoms with E-state index in [1.807, 2.05) is 35.0 Å². The van der Waals surface area contributed by atoms with Gasteiger partial charge in [-0.1, -0.05) is 36.4 Å². The van der Waals surface area contributed by atoms with Gasteiger partial charge < -0.3 is 10.3 Å². The molecule has 23 heavy (non-hydrogen) atoms. The molecule has 2 N–H and O–H groups in total. The molecule has 0 aliphatic rings. The molecule has 0 radical (unpaired) electrons. The number of hydrogen-bond acceptors (Lipinski definition) is 4. The SMILES string of the molecule is Nc1ccccc1Cn1ccnc1Cc1ccccc1[N+](=O)[O-]. The maximum atomic E-state index is 11.1. The summed E-state index contributed by atoms with van der Waals surface area (Å²) in [5, 5.41) is 11.1. The maximum absolute atomic E-state index is 11.1. The molecule has 2 aromatic carbocycles. The Balaban J connectivity index is 1.88. The van der Waals surface area contributed by atoms with E-state index >= 15 is 0 Å². The van der Waals surface area contributed by atoms with Crippen molar-refractivity contribution in [2.75, 3.05) is 5.73 Å². The van der Waals surface area contributed by atoms with E-state index < -0.39 is 0 Å². The first-order valence-electron chi connectivity index (χ1n) is 7.21. The lowest BCUT2D eigenvalue weighted by Gasteiger charge is -2.10. The third-order valence-corrected chi connectivity index (χ3v) is 3.73. The van der Waals surface area contributed by atoms with E-state index in [-0.39, 0.29) is 10.6 Å². The summed E-state index contributed by atoms with van der Waals surface area (Å²) in [6.07, 6.45) is 3.96. The second-order valence-electron chi connectivity index (χ2n) is 5.23. The molecular weight excluding hydrogens is 292 g/mol. The highest BCUT2D eigenvalue weighted by molar-refractivity contribution is 5.46. The summed E-state index contributed by atoms with van der Waals surface area (Å²) in [6, 6.07) is 14.4. The summed E-state index contributed by atoms with van der Waals surface area (Å²) < 4.78 is 1.96. The van der Waals surface area contributed by atoms with Crippen LogP contribution in [0.25, 0.3) is 0 Å². The number of hydrogen-bond donors (Lipinski definition) is 1. The van der Waals surface area contributed by atoms with Crippen LogP contribution in [0.2, 0.25) is 0 Å². The zero-order valence-electron chi connectivity index (χ0n) is 12.4. The molecule has 0 unspecified atom stereocenters. The van der Waals surface area contributed by atoms with E-state index in [0.717, 1.165) is 17.1 Å². The van der Waals surface area contributed by atoms with E-state index in [1.54, 1.807) is 24.4 Å². The summed E-state index contributed by atoms with van der Waals surface area (Å²) in [5.74, 6) is 0.766. The van der Waals surface area contributed by atoms with Crippen LogP contribution in [-0.4, -0.2) is 14.5 Å². The number of imidazole rings is 1. The van der Waals surface area contributed by atoms with Crippen LogP contribution >= 0.6 is 0 Å². The molecule has 0 atom stereocenters. The van der Waals surface area contributed by atoms with Crippen molar-refractivity contribution < 1.29 is 4.92 Å². The number of rotatable bonds is 5. The minimum absolute atomic E-state index is 0.112. The van der Waals surface area contributed by atoms with Gasteiger partial charge in [0, 0.05) is 36.1 Å². The molecule has 3 rings (SSSR count). The van der Waals surface area contributed by atoms with Gasteiger partial charge in [0.2, 0.25) is 0 Å². The molecule has 1 aromatic heterocycles. The van der Waals surface area contributed by atoms with Gasteiger partial charge in [-0.05, 0) is 11.6 Å². The van der Waals surface area contributed by atoms with Gasteiger partial charge >= 0.3 is 0 Å². The average molecular weight is 308 g/mol. The molecule has 0 aliphatic carbocycles. The molecule has 0 spiro atoms. The van der Waals surface area contributed by atoms with E-state index in [4.69, 9.17) is 5.73 Å². The summed E-state index contributed by atoms with van der Waals surface area (Å²) in [5.41, 5.74) is 8.45. The lowest BCUT2D eigenvalue weighted by molar-refractivity contribution is -0.385. The van der Waals surface area contributed by atoms with Crippen LogP contribution in [0.1, 0.15) is 17.0 Å². The number of para-hydroxylation sites is 2. The van der Waals surface area contributed by atoms with Crippen molar-refractivity contribution >= 4 is 11.4 Å². The highest BCUT2D eigenvalue weighted by atomic mass is 16.6. The number of anilines is 1. The fourth-order valence-electron chi connectivity index (χ4n) is 2.52. The van der Waals surface area contributed by atoms with E-state index in [1.165, 1.54) is 6.07 Å². The van der Waals surface area contributed by atoms with Crippen molar-refractivity contribution in [3.05, 3.63) is 88.0 Å². The van der Waals surface area contributed by atoms with Crippen LogP contribution in [0.4, 0.5) is 11.4 Å². The molecule has 0 aliphatic heterocycles. The molecule has 1 heterocycles. The van der Waals surface area contributed by atoms with Gasteiger partial charge in [0.15, 0.2) is 0 Å². The number of nitrogens with zero attached hydrogens (tertiary/aromatic N) is 3. The van der Waals surface area contributed by atoms with Crippen LogP contribution < -0.4 is 5.73 Å². The highest BCUT2D eigenvalue weighted by Gasteiger charge is 2.15. The van der Waals surface area contributed by atoms with Gasteiger partial charge in [-0.3, -0.25) is 10.1 Å². The Morgan fingerprint density at radius 1 is 1.09 bits per heavy atom. The Morgan fingerprint density at radius 2 is 1.78 bits per heavy atom. The summed E-state index contributed by atoms with van der Waals surface area (Å²) >= 11 is 0. The van der Waals surface area contributed by atoms with Crippen LogP contribution in [0.3, 0.4) is 0 Å². The molecule has 0 saturated heterocycles. The van der Waals surface area contributed by atoms with Crippen molar-refractivity contribution in [3.63, 3.8) is 0 Å². The van der Waals surface area contributed by atoms with Crippen LogP contribution in [0, 0.1) is 10.1 Å². The molecule has 6 nitrogen and oxygen atoms in total. The Hall–Kier alpha value is -3.15. The van der Waals surface area contributed by atoms with Crippen LogP contribution in [0.15, 0.2) is 60.9 Å². The van der Waals surface area contributed by atoms with E-state index in [2.05, 4.69) is 4.98 Å². The smallest absolute Gasteiger partial charge is 0.273 e. The predicted octanol–water partition coefficient (Wildman–Crippen LogP) is 3.01. The number of benzene rings is 2. The number of nitro benzene ring substituents is 1. The molecule has 0 saturated carbocycles. The second kappa shape index (κ2) is 6.31. The van der Waals surface area contributed by atoms with Gasteiger partial charge in [0.25, 0.3) is 5.69 Å². The molecule has 0 fully saturated rings. The maximum Gasteiger partial charge on any atom is 0.273 e. The van der Waals surface area contributed by atoms with E-state index in [0.29, 0.717) is 18.5 Å². The standard InChI is InChI=1S/C17H16N4O2/c18-15-7-3-1-6-14(15)12-20-10-9-19-17(20)11-13-5-2-4-8-16(13)21(22)23/h1-10H,11-12,18H2. The number of nitro groups is 1. The topological polar surface area (TPSA) is 87.0 Å². The van der Waals surface area contributed by atoms with Gasteiger partial charge in [-0.25, -0.2) is 4.98 Å². The largest absolute Gasteiger partial charge is 0.398 e. The monoisotopic (exact) mass is 308 g/mol. The lowest BCUT2D eigenvalue weighted by atomic mass is 10.1. The highest BCUT2D eigenvalue weighted by Crippen LogP contribution is 2.21. The normalized spacial score (nSPS) is 10.6. The lowest BCUT2D eigenvalue weighted by Crippen LogP contribution is -2.07. The van der Waals surface area contributed by atoms with Crippen molar-refractivity contribution in [2.24, 2.45) is 0 Å². The zero-order valence-corrected chi connectivity index (χ0v) is 12.4. The first-order chi connectivity index (χ1) is 11.1. The Labute approximate surface area is 133 Å². The minimum atomic E-state index is -0.363. The zero-order chi connectivity index (χ0) is 16.2. The molecule has 0 amide bonds. The van der Waals surface area contributed by atoms with Crippen molar-refractivity contribution in [1.29, 1.82) is 0 Å². The number of nitrogens with two attached hydrogens (primary N) is 1. The molecular formula is C17H16N4O2. The number of nitrogen functional groups attached to an aromatic ring is 1. The third kappa shape index (κ3) is 3.21. The molecule has 0 bridgehead atoms. The minimum Gasteiger partial charge on any atom is -0.398 e. The fraction of sp³-hybridized carbons (Fsp3) is 0.118. The second-order valence-corrected chi connectivity index (χ2v) is 5.23.